The van der Waals surface area contributed by atoms with E-state index in [9.17, 15) is 0 Å². The summed E-state index contributed by atoms with van der Waals surface area (Å²) in [6.45, 7) is 3.96. The van der Waals surface area contributed by atoms with E-state index >= 15 is 0 Å². The van der Waals surface area contributed by atoms with Crippen molar-refractivity contribution in [3.8, 4) is 6.07 Å². The van der Waals surface area contributed by atoms with Crippen LogP contribution in [0, 0.1) is 17.2 Å². The van der Waals surface area contributed by atoms with Crippen molar-refractivity contribution in [3.63, 3.8) is 0 Å². The van der Waals surface area contributed by atoms with Crippen LogP contribution in [0.15, 0.2) is 37.4 Å². The van der Waals surface area contributed by atoms with Gasteiger partial charge in [0, 0.05) is 42.9 Å². The maximum absolute atomic E-state index is 8.95. The van der Waals surface area contributed by atoms with Gasteiger partial charge in [-0.25, -0.2) is 9.97 Å². The topological polar surface area (TPSA) is 68.6 Å². The third kappa shape index (κ3) is 3.33. The van der Waals surface area contributed by atoms with Crippen molar-refractivity contribution < 1.29 is 0 Å². The molecule has 1 N–H and O–H groups in total. The van der Waals surface area contributed by atoms with Crippen LogP contribution in [0.3, 0.4) is 0 Å². The maximum atomic E-state index is 8.95. The van der Waals surface area contributed by atoms with Gasteiger partial charge in [0.2, 0.25) is 0 Å². The first-order valence-electron chi connectivity index (χ1n) is 8.44. The highest BCUT2D eigenvalue weighted by atomic mass is 15.1. The monoisotopic (exact) mass is 321 g/mol. The minimum atomic E-state index is 0.468. The average Bonchev–Trinajstić information content (AvgIpc) is 3.09. The fraction of sp³-hybridized carbons (Fsp3) is 0.421. The van der Waals surface area contributed by atoms with Gasteiger partial charge in [-0.3, -0.25) is 0 Å². The standard InChI is InChI=1S/C19H23N5/c1-3-15(18-17-8-10-21-19(17)23-13-22-18)12-24(2)16-6-4-5-14(11-16)7-9-20/h3,8,10,12-14,16H,1,4-7,11H2,2H3,(H,21,22,23)/b15-12+. The van der Waals surface area contributed by atoms with Gasteiger partial charge in [-0.2, -0.15) is 5.26 Å². The number of nitrogens with zero attached hydrogens (tertiary/aromatic N) is 4. The first-order valence-corrected chi connectivity index (χ1v) is 8.44. The van der Waals surface area contributed by atoms with Crippen molar-refractivity contribution >= 4 is 16.6 Å². The molecule has 3 rings (SSSR count). The molecule has 0 radical (unpaired) electrons. The van der Waals surface area contributed by atoms with Gasteiger partial charge in [-0.15, -0.1) is 0 Å². The molecule has 1 aliphatic rings. The highest BCUT2D eigenvalue weighted by molar-refractivity contribution is 5.90. The van der Waals surface area contributed by atoms with Gasteiger partial charge in [0.05, 0.1) is 11.8 Å². The highest BCUT2D eigenvalue weighted by Crippen LogP contribution is 2.30. The zero-order valence-electron chi connectivity index (χ0n) is 14.1. The number of aromatic amines is 1. The number of aromatic nitrogens is 3. The van der Waals surface area contributed by atoms with Crippen molar-refractivity contribution in [1.82, 2.24) is 19.9 Å². The minimum absolute atomic E-state index is 0.468. The van der Waals surface area contributed by atoms with E-state index in [4.69, 9.17) is 5.26 Å². The van der Waals surface area contributed by atoms with E-state index in [1.807, 2.05) is 18.3 Å². The fourth-order valence-corrected chi connectivity index (χ4v) is 3.58. The molecule has 124 valence electrons. The second kappa shape index (κ2) is 7.31. The summed E-state index contributed by atoms with van der Waals surface area (Å²) in [7, 11) is 2.11. The van der Waals surface area contributed by atoms with Crippen LogP contribution in [0.25, 0.3) is 16.6 Å². The molecule has 0 spiro atoms. The van der Waals surface area contributed by atoms with Gasteiger partial charge >= 0.3 is 0 Å². The molecule has 2 unspecified atom stereocenters. The zero-order chi connectivity index (χ0) is 16.9. The summed E-state index contributed by atoms with van der Waals surface area (Å²) in [6, 6.07) is 4.78. The highest BCUT2D eigenvalue weighted by Gasteiger charge is 2.24. The number of fused-ring (bicyclic) bond motifs is 1. The number of H-pyrrole nitrogens is 1. The van der Waals surface area contributed by atoms with Crippen molar-refractivity contribution in [3.05, 3.63) is 43.1 Å². The van der Waals surface area contributed by atoms with Gasteiger partial charge in [0.1, 0.15) is 12.0 Å². The SMILES string of the molecule is C=C/C(=C\N(C)C1CCCC(CC#N)C1)c1ncnc2[nH]ccc12. The average molecular weight is 321 g/mol. The lowest BCUT2D eigenvalue weighted by Crippen LogP contribution is -2.32. The largest absolute Gasteiger partial charge is 0.377 e. The summed E-state index contributed by atoms with van der Waals surface area (Å²) in [6.07, 6.45) is 12.7. The first kappa shape index (κ1) is 16.3. The molecule has 1 saturated carbocycles. The second-order valence-corrected chi connectivity index (χ2v) is 6.46. The van der Waals surface area contributed by atoms with Crippen molar-refractivity contribution in [2.75, 3.05) is 7.05 Å². The number of nitrogens with one attached hydrogen (secondary N) is 1. The van der Waals surface area contributed by atoms with E-state index in [1.54, 1.807) is 6.33 Å². The van der Waals surface area contributed by atoms with Crippen LogP contribution in [0.1, 0.15) is 37.8 Å². The second-order valence-electron chi connectivity index (χ2n) is 6.46. The van der Waals surface area contributed by atoms with Crippen molar-refractivity contribution in [1.29, 1.82) is 5.26 Å². The molecule has 0 amide bonds. The van der Waals surface area contributed by atoms with Gasteiger partial charge in [0.15, 0.2) is 0 Å². The Hall–Kier alpha value is -2.61. The molecule has 0 saturated heterocycles. The Labute approximate surface area is 142 Å². The predicted molar refractivity (Wildman–Crippen MR) is 95.8 cm³/mol. The molecule has 0 bridgehead atoms. The summed E-state index contributed by atoms with van der Waals surface area (Å²) in [5.74, 6) is 0.521. The smallest absolute Gasteiger partial charge is 0.141 e. The molecular formula is C19H23N5. The summed E-state index contributed by atoms with van der Waals surface area (Å²) in [5.41, 5.74) is 2.72. The Morgan fingerprint density at radius 2 is 2.38 bits per heavy atom. The van der Waals surface area contributed by atoms with E-state index in [-0.39, 0.29) is 0 Å². The summed E-state index contributed by atoms with van der Waals surface area (Å²) < 4.78 is 0. The number of hydrogen-bond acceptors (Lipinski definition) is 4. The maximum Gasteiger partial charge on any atom is 0.141 e. The van der Waals surface area contributed by atoms with Crippen molar-refractivity contribution in [2.24, 2.45) is 5.92 Å². The molecule has 0 aliphatic heterocycles. The number of nitriles is 1. The Bertz CT molecular complexity index is 782. The molecular weight excluding hydrogens is 298 g/mol. The van der Waals surface area contributed by atoms with Crippen molar-refractivity contribution in [2.45, 2.75) is 38.1 Å². The van der Waals surface area contributed by atoms with Crippen LogP contribution in [-0.4, -0.2) is 32.9 Å². The van der Waals surface area contributed by atoms with E-state index in [2.05, 4.69) is 45.7 Å². The first-order chi connectivity index (χ1) is 11.7. The Morgan fingerprint density at radius 3 is 3.17 bits per heavy atom. The molecule has 2 aromatic heterocycles. The Morgan fingerprint density at radius 1 is 1.50 bits per heavy atom. The van der Waals surface area contributed by atoms with E-state index in [1.165, 1.54) is 19.3 Å². The lowest BCUT2D eigenvalue weighted by atomic mass is 9.83. The molecule has 2 heterocycles. The van der Waals surface area contributed by atoms with E-state index in [0.29, 0.717) is 18.4 Å². The molecule has 5 nitrogen and oxygen atoms in total. The van der Waals surface area contributed by atoms with Crippen LogP contribution >= 0.6 is 0 Å². The fourth-order valence-electron chi connectivity index (χ4n) is 3.58. The molecule has 2 aromatic rings. The lowest BCUT2D eigenvalue weighted by Gasteiger charge is -2.34. The van der Waals surface area contributed by atoms with Crippen LogP contribution < -0.4 is 0 Å². The van der Waals surface area contributed by atoms with Gasteiger partial charge < -0.3 is 9.88 Å². The number of rotatable bonds is 5. The van der Waals surface area contributed by atoms with Crippen LogP contribution in [0.4, 0.5) is 0 Å². The molecule has 24 heavy (non-hydrogen) atoms. The normalized spacial score (nSPS) is 21.4. The van der Waals surface area contributed by atoms with E-state index in [0.717, 1.165) is 28.7 Å². The summed E-state index contributed by atoms with van der Waals surface area (Å²) in [5, 5.41) is 9.95. The van der Waals surface area contributed by atoms with E-state index < -0.39 is 0 Å². The number of allylic oxidation sites excluding steroid dienone is 2. The molecule has 0 aromatic carbocycles. The third-order valence-corrected chi connectivity index (χ3v) is 4.90. The van der Waals surface area contributed by atoms with Gasteiger partial charge in [0.25, 0.3) is 0 Å². The third-order valence-electron chi connectivity index (χ3n) is 4.90. The van der Waals surface area contributed by atoms with Crippen LogP contribution in [-0.2, 0) is 0 Å². The predicted octanol–water partition coefficient (Wildman–Crippen LogP) is 3.89. The van der Waals surface area contributed by atoms with Gasteiger partial charge in [-0.1, -0.05) is 19.1 Å². The quantitative estimate of drug-likeness (QED) is 0.848. The minimum Gasteiger partial charge on any atom is -0.377 e. The number of hydrogen-bond donors (Lipinski definition) is 1. The Balaban J connectivity index is 1.83. The Kier molecular flexibility index (Phi) is 4.95. The molecule has 5 heteroatoms. The lowest BCUT2D eigenvalue weighted by molar-refractivity contribution is 0.206. The summed E-state index contributed by atoms with van der Waals surface area (Å²) in [4.78, 5) is 14.1. The zero-order valence-corrected chi connectivity index (χ0v) is 14.1. The van der Waals surface area contributed by atoms with Crippen LogP contribution in [0.5, 0.6) is 0 Å². The molecule has 1 aliphatic carbocycles. The van der Waals surface area contributed by atoms with Gasteiger partial charge in [-0.05, 0) is 31.2 Å². The summed E-state index contributed by atoms with van der Waals surface area (Å²) >= 11 is 0. The molecule has 2 atom stereocenters. The van der Waals surface area contributed by atoms with Crippen LogP contribution in [0.2, 0.25) is 0 Å². The molecule has 1 fully saturated rings.